The number of allylic oxidation sites excluding steroid dienone is 3. The molecule has 5 rings (SSSR count). The molecule has 3 aliphatic carbocycles. The third-order valence-electron chi connectivity index (χ3n) is 8.44. The topological polar surface area (TPSA) is 55.8 Å². The molecule has 0 aromatic heterocycles. The number of carbonyl (C=O) groups is 1. The average Bonchev–Trinajstić information content (AvgIpc) is 2.96. The molecule has 5 atom stereocenters. The van der Waals surface area contributed by atoms with Crippen molar-refractivity contribution in [1.29, 1.82) is 0 Å². The van der Waals surface area contributed by atoms with E-state index in [1.165, 1.54) is 16.7 Å². The van der Waals surface area contributed by atoms with Crippen LogP contribution in [0.1, 0.15) is 64.0 Å². The number of ether oxygens (including phenoxy) is 2. The Morgan fingerprint density at radius 2 is 2.00 bits per heavy atom. The first kappa shape index (κ1) is 21.5. The second-order valence-corrected chi connectivity index (χ2v) is 9.98. The van der Waals surface area contributed by atoms with Crippen LogP contribution in [0.4, 0.5) is 0 Å². The van der Waals surface area contributed by atoms with E-state index in [0.717, 1.165) is 30.6 Å². The first-order chi connectivity index (χ1) is 15.4. The van der Waals surface area contributed by atoms with Gasteiger partial charge in [-0.05, 0) is 78.9 Å². The van der Waals surface area contributed by atoms with Crippen LogP contribution >= 0.6 is 0 Å². The molecule has 1 N–H and O–H groups in total. The van der Waals surface area contributed by atoms with Gasteiger partial charge in [0, 0.05) is 18.3 Å². The third kappa shape index (κ3) is 3.17. The van der Waals surface area contributed by atoms with Crippen LogP contribution in [0.2, 0.25) is 0 Å². The van der Waals surface area contributed by atoms with E-state index in [0.29, 0.717) is 31.7 Å². The zero-order chi connectivity index (χ0) is 22.5. The lowest BCUT2D eigenvalue weighted by Gasteiger charge is -2.42. The maximum absolute atomic E-state index is 12.2. The fraction of sp³-hybridized carbons (Fsp3) is 0.536. The highest BCUT2D eigenvalue weighted by atomic mass is 16.5. The standard InChI is InChI=1S/C28H32O4/c1-4-14-28(30)15-13-24-23-11-7-19-16-20(29)8-12-22(19)25(23)26(32-17-27(24,28)2)18-5-9-21(31-3)10-6-18/h5-7,9-10,23-24,26,30H,8,11-13,15-17H2,1-3H3/t23?,24?,26-,27+,28+/m1/s1. The van der Waals surface area contributed by atoms with Crippen molar-refractivity contribution in [3.8, 4) is 17.6 Å². The fourth-order valence-electron chi connectivity index (χ4n) is 6.67. The summed E-state index contributed by atoms with van der Waals surface area (Å²) >= 11 is 0. The van der Waals surface area contributed by atoms with E-state index in [1.54, 1.807) is 14.0 Å². The Kier molecular flexibility index (Phi) is 5.31. The molecule has 0 radical (unpaired) electrons. The molecule has 0 amide bonds. The Morgan fingerprint density at radius 1 is 1.22 bits per heavy atom. The molecule has 1 aromatic carbocycles. The number of Topliss-reactive ketones (excluding diaryl/α,β-unsaturated/α-hetero) is 1. The predicted molar refractivity (Wildman–Crippen MR) is 123 cm³/mol. The molecule has 2 saturated carbocycles. The van der Waals surface area contributed by atoms with Crippen molar-refractivity contribution in [2.24, 2.45) is 17.3 Å². The lowest BCUT2D eigenvalue weighted by Crippen LogP contribution is -2.48. The molecule has 0 spiro atoms. The Balaban J connectivity index is 1.65. The SMILES string of the molecule is CC#C[C@]1(O)CCC2C3CC=C4CC(=O)CCC4=C3[C@@H](c3ccc(OC)cc3)OC[C@@]21C. The molecule has 32 heavy (non-hydrogen) atoms. The summed E-state index contributed by atoms with van der Waals surface area (Å²) < 4.78 is 12.1. The van der Waals surface area contributed by atoms with Crippen LogP contribution in [0, 0.1) is 29.1 Å². The van der Waals surface area contributed by atoms with Gasteiger partial charge in [0.05, 0.1) is 13.7 Å². The molecular weight excluding hydrogens is 400 g/mol. The number of carbonyl (C=O) groups excluding carboxylic acids is 1. The predicted octanol–water partition coefficient (Wildman–Crippen LogP) is 4.93. The highest BCUT2D eigenvalue weighted by Gasteiger charge is 2.61. The highest BCUT2D eigenvalue weighted by molar-refractivity contribution is 5.84. The van der Waals surface area contributed by atoms with Crippen LogP contribution in [0.25, 0.3) is 0 Å². The quantitative estimate of drug-likeness (QED) is 0.673. The van der Waals surface area contributed by atoms with Crippen molar-refractivity contribution in [3.63, 3.8) is 0 Å². The Morgan fingerprint density at radius 3 is 2.72 bits per heavy atom. The minimum Gasteiger partial charge on any atom is -0.497 e. The number of hydrogen-bond acceptors (Lipinski definition) is 4. The van der Waals surface area contributed by atoms with Crippen molar-refractivity contribution in [3.05, 3.63) is 52.6 Å². The van der Waals surface area contributed by atoms with Crippen LogP contribution in [-0.4, -0.2) is 30.2 Å². The van der Waals surface area contributed by atoms with E-state index in [1.807, 2.05) is 12.1 Å². The molecule has 4 nitrogen and oxygen atoms in total. The molecule has 168 valence electrons. The van der Waals surface area contributed by atoms with Gasteiger partial charge in [0.25, 0.3) is 0 Å². The first-order valence-electron chi connectivity index (χ1n) is 11.8. The second kappa shape index (κ2) is 7.90. The Labute approximate surface area is 190 Å². The van der Waals surface area contributed by atoms with Gasteiger partial charge in [-0.15, -0.1) is 5.92 Å². The molecule has 1 saturated heterocycles. The van der Waals surface area contributed by atoms with Crippen LogP contribution in [0.3, 0.4) is 0 Å². The van der Waals surface area contributed by atoms with Crippen LogP contribution in [0.15, 0.2) is 47.1 Å². The monoisotopic (exact) mass is 432 g/mol. The van der Waals surface area contributed by atoms with Gasteiger partial charge in [-0.1, -0.05) is 31.1 Å². The van der Waals surface area contributed by atoms with E-state index in [2.05, 4.69) is 37.0 Å². The van der Waals surface area contributed by atoms with Crippen molar-refractivity contribution < 1.29 is 19.4 Å². The zero-order valence-electron chi connectivity index (χ0n) is 19.2. The summed E-state index contributed by atoms with van der Waals surface area (Å²) in [6.45, 7) is 4.42. The van der Waals surface area contributed by atoms with Crippen molar-refractivity contribution in [2.75, 3.05) is 13.7 Å². The Bertz CT molecular complexity index is 1050. The van der Waals surface area contributed by atoms with Gasteiger partial charge in [-0.3, -0.25) is 4.79 Å². The van der Waals surface area contributed by atoms with Gasteiger partial charge in [0.15, 0.2) is 0 Å². The van der Waals surface area contributed by atoms with Crippen LogP contribution in [-0.2, 0) is 9.53 Å². The summed E-state index contributed by atoms with van der Waals surface area (Å²) in [6, 6.07) is 8.13. The van der Waals surface area contributed by atoms with E-state index < -0.39 is 11.0 Å². The zero-order valence-corrected chi connectivity index (χ0v) is 19.2. The van der Waals surface area contributed by atoms with Gasteiger partial charge in [0.1, 0.15) is 23.2 Å². The van der Waals surface area contributed by atoms with Gasteiger partial charge < -0.3 is 14.6 Å². The highest BCUT2D eigenvalue weighted by Crippen LogP contribution is 2.61. The minimum absolute atomic E-state index is 0.181. The summed E-state index contributed by atoms with van der Waals surface area (Å²) in [4.78, 5) is 12.2. The average molecular weight is 433 g/mol. The van der Waals surface area contributed by atoms with E-state index in [9.17, 15) is 9.90 Å². The van der Waals surface area contributed by atoms with Crippen molar-refractivity contribution in [2.45, 2.75) is 64.1 Å². The maximum atomic E-state index is 12.2. The first-order valence-corrected chi connectivity index (χ1v) is 11.8. The van der Waals surface area contributed by atoms with E-state index in [4.69, 9.17) is 9.47 Å². The molecule has 4 aliphatic rings. The van der Waals surface area contributed by atoms with Crippen molar-refractivity contribution >= 4 is 5.78 Å². The molecule has 1 aromatic rings. The summed E-state index contributed by atoms with van der Waals surface area (Å²) in [5.41, 5.74) is 3.48. The number of rotatable bonds is 2. The maximum Gasteiger partial charge on any atom is 0.137 e. The summed E-state index contributed by atoms with van der Waals surface area (Å²) in [7, 11) is 1.67. The molecule has 4 heteroatoms. The van der Waals surface area contributed by atoms with E-state index >= 15 is 0 Å². The molecule has 3 fully saturated rings. The van der Waals surface area contributed by atoms with Gasteiger partial charge >= 0.3 is 0 Å². The number of aliphatic hydroxyl groups is 1. The molecule has 0 bridgehead atoms. The number of fused-ring (bicyclic) bond motifs is 4. The minimum atomic E-state index is -1.04. The van der Waals surface area contributed by atoms with Gasteiger partial charge in [-0.2, -0.15) is 0 Å². The summed E-state index contributed by atoms with van der Waals surface area (Å²) in [6.07, 6.45) is 6.55. The van der Waals surface area contributed by atoms with Gasteiger partial charge in [-0.25, -0.2) is 0 Å². The van der Waals surface area contributed by atoms with E-state index in [-0.39, 0.29) is 17.9 Å². The lowest BCUT2D eigenvalue weighted by atomic mass is 9.62. The summed E-state index contributed by atoms with van der Waals surface area (Å²) in [5.74, 6) is 7.84. The third-order valence-corrected chi connectivity index (χ3v) is 8.44. The second-order valence-electron chi connectivity index (χ2n) is 9.98. The number of hydrogen-bond donors (Lipinski definition) is 1. The number of benzene rings is 1. The molecular formula is C28H32O4. The normalized spacial score (nSPS) is 36.2. The number of methoxy groups -OCH3 is 1. The van der Waals surface area contributed by atoms with Crippen LogP contribution < -0.4 is 4.74 Å². The van der Waals surface area contributed by atoms with Gasteiger partial charge in [0.2, 0.25) is 0 Å². The molecule has 1 heterocycles. The molecule has 1 aliphatic heterocycles. The molecule has 2 unspecified atom stereocenters. The Hall–Kier alpha value is -2.35. The van der Waals surface area contributed by atoms with Crippen molar-refractivity contribution in [1.82, 2.24) is 0 Å². The lowest BCUT2D eigenvalue weighted by molar-refractivity contribution is -0.118. The fourth-order valence-corrected chi connectivity index (χ4v) is 6.67. The smallest absolute Gasteiger partial charge is 0.137 e. The number of ketones is 1. The van der Waals surface area contributed by atoms with Crippen LogP contribution in [0.5, 0.6) is 5.75 Å². The summed E-state index contributed by atoms with van der Waals surface area (Å²) in [5, 5.41) is 11.6. The largest absolute Gasteiger partial charge is 0.497 e.